The molecule has 1 atom stereocenters. The molecule has 0 spiro atoms. The van der Waals surface area contributed by atoms with E-state index in [0.29, 0.717) is 0 Å². The molecule has 106 valence electrons. The molecule has 0 aliphatic heterocycles. The smallest absolute Gasteiger partial charge is 0.239 e. The van der Waals surface area contributed by atoms with Gasteiger partial charge in [0, 0.05) is 13.2 Å². The second-order valence-corrected chi connectivity index (χ2v) is 3.78. The lowest BCUT2D eigenvalue weighted by Gasteiger charge is -2.11. The number of halogens is 2. The zero-order chi connectivity index (χ0) is 14.3. The van der Waals surface area contributed by atoms with Gasteiger partial charge in [-0.1, -0.05) is 0 Å². The molecule has 0 aliphatic rings. The summed E-state index contributed by atoms with van der Waals surface area (Å²) in [6, 6.07) is 2.47. The highest BCUT2D eigenvalue weighted by molar-refractivity contribution is 5.81. The molecule has 0 saturated heterocycles. The third kappa shape index (κ3) is 5.19. The molecule has 0 radical (unpaired) electrons. The van der Waals surface area contributed by atoms with Crippen LogP contribution in [0.15, 0.2) is 18.2 Å². The van der Waals surface area contributed by atoms with Crippen molar-refractivity contribution in [3.8, 4) is 5.75 Å². The number of nitrogens with two attached hydrogens (primary N) is 1. The normalized spacial score (nSPS) is 12.0. The average Bonchev–Trinajstić information content (AvgIpc) is 2.38. The van der Waals surface area contributed by atoms with Crippen LogP contribution in [0.4, 0.5) is 8.78 Å². The molecular formula is C12H16F2N2O3. The van der Waals surface area contributed by atoms with E-state index < -0.39 is 17.7 Å². The third-order valence-corrected chi connectivity index (χ3v) is 2.24. The highest BCUT2D eigenvalue weighted by atomic mass is 19.2. The Bertz CT molecular complexity index is 429. The molecule has 5 nitrogen and oxygen atoms in total. The molecule has 1 aromatic carbocycles. The van der Waals surface area contributed by atoms with Crippen LogP contribution in [-0.4, -0.2) is 38.8 Å². The number of hydrogen-bond acceptors (Lipinski definition) is 4. The molecule has 1 unspecified atom stereocenters. The van der Waals surface area contributed by atoms with Crippen molar-refractivity contribution in [1.29, 1.82) is 0 Å². The summed E-state index contributed by atoms with van der Waals surface area (Å²) in [7, 11) is 1.44. The molecule has 0 heterocycles. The van der Waals surface area contributed by atoms with E-state index in [1.807, 2.05) is 0 Å². The molecular weight excluding hydrogens is 258 g/mol. The van der Waals surface area contributed by atoms with Gasteiger partial charge in [0.15, 0.2) is 11.6 Å². The number of ether oxygens (including phenoxy) is 2. The Balaban J connectivity index is 2.27. The van der Waals surface area contributed by atoms with Gasteiger partial charge in [-0.05, 0) is 12.1 Å². The van der Waals surface area contributed by atoms with Crippen molar-refractivity contribution in [1.82, 2.24) is 5.32 Å². The maximum absolute atomic E-state index is 12.9. The molecule has 1 amide bonds. The van der Waals surface area contributed by atoms with Crippen LogP contribution in [0.25, 0.3) is 0 Å². The number of nitrogens with one attached hydrogen (secondary N) is 1. The predicted molar refractivity (Wildman–Crippen MR) is 64.7 cm³/mol. The van der Waals surface area contributed by atoms with Gasteiger partial charge in [0.25, 0.3) is 0 Å². The first-order valence-corrected chi connectivity index (χ1v) is 5.64. The lowest BCUT2D eigenvalue weighted by Crippen LogP contribution is -2.44. The number of benzene rings is 1. The lowest BCUT2D eigenvalue weighted by atomic mass is 10.3. The van der Waals surface area contributed by atoms with E-state index in [4.69, 9.17) is 15.2 Å². The number of carbonyl (C=O) groups is 1. The van der Waals surface area contributed by atoms with E-state index in [1.165, 1.54) is 13.2 Å². The van der Waals surface area contributed by atoms with Crippen molar-refractivity contribution < 1.29 is 23.0 Å². The second kappa shape index (κ2) is 7.65. The van der Waals surface area contributed by atoms with Crippen molar-refractivity contribution in [3.05, 3.63) is 29.8 Å². The molecule has 0 aromatic heterocycles. The van der Waals surface area contributed by atoms with Gasteiger partial charge in [-0.3, -0.25) is 4.79 Å². The number of methoxy groups -OCH3 is 1. The van der Waals surface area contributed by atoms with Crippen molar-refractivity contribution in [2.45, 2.75) is 6.04 Å². The molecule has 7 heteroatoms. The van der Waals surface area contributed by atoms with Crippen LogP contribution in [0.3, 0.4) is 0 Å². The second-order valence-electron chi connectivity index (χ2n) is 3.78. The first-order valence-electron chi connectivity index (χ1n) is 5.64. The maximum Gasteiger partial charge on any atom is 0.239 e. The Kier molecular flexibility index (Phi) is 6.17. The van der Waals surface area contributed by atoms with Crippen LogP contribution >= 0.6 is 0 Å². The highest BCUT2D eigenvalue weighted by Gasteiger charge is 2.11. The summed E-state index contributed by atoms with van der Waals surface area (Å²) in [6.45, 7) is 0.446. The standard InChI is InChI=1S/C12H16F2N2O3/c1-18-7-11(15)12(17)16-4-5-19-8-2-3-9(13)10(14)6-8/h2-3,6,11H,4-5,7,15H2,1H3,(H,16,17). The first-order chi connectivity index (χ1) is 9.04. The molecule has 0 aliphatic carbocycles. The highest BCUT2D eigenvalue weighted by Crippen LogP contribution is 2.14. The van der Waals surface area contributed by atoms with Gasteiger partial charge < -0.3 is 20.5 Å². The number of hydrogen-bond donors (Lipinski definition) is 2. The topological polar surface area (TPSA) is 73.6 Å². The number of rotatable bonds is 7. The van der Waals surface area contributed by atoms with Crippen LogP contribution in [-0.2, 0) is 9.53 Å². The van der Waals surface area contributed by atoms with Crippen LogP contribution < -0.4 is 15.8 Å². The van der Waals surface area contributed by atoms with E-state index in [1.54, 1.807) is 0 Å². The lowest BCUT2D eigenvalue weighted by molar-refractivity contribution is -0.123. The van der Waals surface area contributed by atoms with Gasteiger partial charge in [0.2, 0.25) is 5.91 Å². The fourth-order valence-electron chi connectivity index (χ4n) is 1.30. The summed E-state index contributed by atoms with van der Waals surface area (Å²) in [5, 5.41) is 2.53. The average molecular weight is 274 g/mol. The quantitative estimate of drug-likeness (QED) is 0.707. The van der Waals surface area contributed by atoms with E-state index in [2.05, 4.69) is 5.32 Å². The van der Waals surface area contributed by atoms with Gasteiger partial charge in [-0.25, -0.2) is 8.78 Å². The van der Waals surface area contributed by atoms with Gasteiger partial charge in [-0.15, -0.1) is 0 Å². The minimum atomic E-state index is -0.983. The molecule has 1 rings (SSSR count). The Hall–Kier alpha value is -1.73. The number of amides is 1. The summed E-state index contributed by atoms with van der Waals surface area (Å²) < 4.78 is 35.4. The van der Waals surface area contributed by atoms with Crippen LogP contribution in [0.2, 0.25) is 0 Å². The summed E-state index contributed by atoms with van der Waals surface area (Å²) in [5.41, 5.74) is 5.49. The zero-order valence-corrected chi connectivity index (χ0v) is 10.5. The van der Waals surface area contributed by atoms with Gasteiger partial charge in [0.1, 0.15) is 18.4 Å². The fourth-order valence-corrected chi connectivity index (χ4v) is 1.30. The molecule has 0 fully saturated rings. The van der Waals surface area contributed by atoms with E-state index in [0.717, 1.165) is 12.1 Å². The minimum Gasteiger partial charge on any atom is -0.492 e. The zero-order valence-electron chi connectivity index (χ0n) is 10.5. The first kappa shape index (κ1) is 15.3. The van der Waals surface area contributed by atoms with E-state index in [-0.39, 0.29) is 31.4 Å². The molecule has 19 heavy (non-hydrogen) atoms. The van der Waals surface area contributed by atoms with Crippen molar-refractivity contribution in [2.75, 3.05) is 26.9 Å². The summed E-state index contributed by atoms with van der Waals surface area (Å²) >= 11 is 0. The predicted octanol–water partition coefficient (Wildman–Crippen LogP) is 0.433. The van der Waals surface area contributed by atoms with Crippen molar-refractivity contribution in [2.24, 2.45) is 5.73 Å². The fraction of sp³-hybridized carbons (Fsp3) is 0.417. The largest absolute Gasteiger partial charge is 0.492 e. The molecule has 1 aromatic rings. The maximum atomic E-state index is 12.9. The SMILES string of the molecule is COCC(N)C(=O)NCCOc1ccc(F)c(F)c1. The van der Waals surface area contributed by atoms with E-state index in [9.17, 15) is 13.6 Å². The van der Waals surface area contributed by atoms with Crippen molar-refractivity contribution in [3.63, 3.8) is 0 Å². The van der Waals surface area contributed by atoms with Gasteiger partial charge in [0.05, 0.1) is 13.2 Å². The summed E-state index contributed by atoms with van der Waals surface area (Å²) in [5.74, 6) is -2.10. The minimum absolute atomic E-state index is 0.121. The molecule has 0 bridgehead atoms. The van der Waals surface area contributed by atoms with Crippen LogP contribution in [0, 0.1) is 11.6 Å². The van der Waals surface area contributed by atoms with Crippen LogP contribution in [0.1, 0.15) is 0 Å². The summed E-state index contributed by atoms with van der Waals surface area (Å²) in [4.78, 5) is 11.4. The Labute approximate surface area is 109 Å². The van der Waals surface area contributed by atoms with Crippen molar-refractivity contribution >= 4 is 5.91 Å². The third-order valence-electron chi connectivity index (χ3n) is 2.24. The monoisotopic (exact) mass is 274 g/mol. The Morgan fingerprint density at radius 3 is 2.79 bits per heavy atom. The molecule has 0 saturated carbocycles. The van der Waals surface area contributed by atoms with E-state index >= 15 is 0 Å². The van der Waals surface area contributed by atoms with Gasteiger partial charge in [-0.2, -0.15) is 0 Å². The molecule has 3 N–H and O–H groups in total. The summed E-state index contributed by atoms with van der Waals surface area (Å²) in [6.07, 6.45) is 0. The Morgan fingerprint density at radius 1 is 1.42 bits per heavy atom. The van der Waals surface area contributed by atoms with Crippen LogP contribution in [0.5, 0.6) is 5.75 Å². The Morgan fingerprint density at radius 2 is 2.16 bits per heavy atom. The van der Waals surface area contributed by atoms with Gasteiger partial charge >= 0.3 is 0 Å². The number of carbonyl (C=O) groups excluding carboxylic acids is 1.